The summed E-state index contributed by atoms with van der Waals surface area (Å²) in [5.41, 5.74) is 2.27. The third-order valence-electron chi connectivity index (χ3n) is 4.45. The van der Waals surface area contributed by atoms with Gasteiger partial charge in [0.15, 0.2) is 0 Å². The van der Waals surface area contributed by atoms with Crippen molar-refractivity contribution in [1.82, 2.24) is 9.88 Å². The number of rotatable bonds is 8. The smallest absolute Gasteiger partial charge is 0.239 e. The first-order valence-corrected chi connectivity index (χ1v) is 8.47. The van der Waals surface area contributed by atoms with Crippen molar-refractivity contribution in [3.8, 4) is 0 Å². The number of nitrogens with one attached hydrogen (secondary N) is 1. The molecule has 1 amide bonds. The standard InChI is InChI=1S/C19H28N2O/c1-4-6-9-16(5-2)13-20-19(22)14-21-15(3)12-17-10-7-8-11-18(17)21/h7-8,10-12,16H,4-6,9,13-14H2,1-3H3,(H,20,22). The predicted octanol–water partition coefficient (Wildman–Crippen LogP) is 4.28. The minimum atomic E-state index is 0.111. The molecule has 0 aliphatic heterocycles. The molecule has 0 aliphatic rings. The van der Waals surface area contributed by atoms with Gasteiger partial charge in [0.05, 0.1) is 0 Å². The van der Waals surface area contributed by atoms with Crippen LogP contribution in [0, 0.1) is 12.8 Å². The maximum absolute atomic E-state index is 12.3. The van der Waals surface area contributed by atoms with Gasteiger partial charge in [-0.05, 0) is 36.8 Å². The van der Waals surface area contributed by atoms with Gasteiger partial charge in [0, 0.05) is 17.8 Å². The highest BCUT2D eigenvalue weighted by Crippen LogP contribution is 2.19. The summed E-state index contributed by atoms with van der Waals surface area (Å²) in [6.45, 7) is 7.68. The zero-order valence-corrected chi connectivity index (χ0v) is 14.1. The van der Waals surface area contributed by atoms with E-state index in [1.54, 1.807) is 0 Å². The third-order valence-corrected chi connectivity index (χ3v) is 4.45. The highest BCUT2D eigenvalue weighted by atomic mass is 16.1. The summed E-state index contributed by atoms with van der Waals surface area (Å²) in [7, 11) is 0. The normalized spacial score (nSPS) is 12.5. The molecular formula is C19H28N2O. The molecular weight excluding hydrogens is 272 g/mol. The minimum absolute atomic E-state index is 0.111. The highest BCUT2D eigenvalue weighted by Gasteiger charge is 2.11. The van der Waals surface area contributed by atoms with Crippen LogP contribution in [-0.4, -0.2) is 17.0 Å². The third kappa shape index (κ3) is 4.12. The van der Waals surface area contributed by atoms with Gasteiger partial charge in [0.25, 0.3) is 0 Å². The Morgan fingerprint density at radius 2 is 2.05 bits per heavy atom. The Bertz CT molecular complexity index is 615. The van der Waals surface area contributed by atoms with Crippen molar-refractivity contribution in [1.29, 1.82) is 0 Å². The van der Waals surface area contributed by atoms with Crippen molar-refractivity contribution < 1.29 is 4.79 Å². The summed E-state index contributed by atoms with van der Waals surface area (Å²) in [6, 6.07) is 10.4. The molecule has 3 heteroatoms. The first-order chi connectivity index (χ1) is 10.7. The number of carbonyl (C=O) groups excluding carboxylic acids is 1. The summed E-state index contributed by atoms with van der Waals surface area (Å²) >= 11 is 0. The van der Waals surface area contributed by atoms with Crippen LogP contribution in [0.5, 0.6) is 0 Å². The Kier molecular flexibility index (Phi) is 6.05. The first-order valence-electron chi connectivity index (χ1n) is 8.47. The molecule has 1 N–H and O–H groups in total. The van der Waals surface area contributed by atoms with Crippen LogP contribution in [0.4, 0.5) is 0 Å². The molecule has 1 aromatic heterocycles. The van der Waals surface area contributed by atoms with Crippen LogP contribution < -0.4 is 5.32 Å². The quantitative estimate of drug-likeness (QED) is 0.775. The number of hydrogen-bond acceptors (Lipinski definition) is 1. The number of para-hydroxylation sites is 1. The second-order valence-corrected chi connectivity index (χ2v) is 6.15. The number of aromatic nitrogens is 1. The van der Waals surface area contributed by atoms with Crippen molar-refractivity contribution in [3.63, 3.8) is 0 Å². The van der Waals surface area contributed by atoms with E-state index >= 15 is 0 Å². The largest absolute Gasteiger partial charge is 0.354 e. The fourth-order valence-corrected chi connectivity index (χ4v) is 2.96. The average molecular weight is 300 g/mol. The summed E-state index contributed by atoms with van der Waals surface area (Å²) in [6.07, 6.45) is 4.80. The van der Waals surface area contributed by atoms with Gasteiger partial charge in [-0.1, -0.05) is 51.3 Å². The van der Waals surface area contributed by atoms with Gasteiger partial charge in [0.1, 0.15) is 6.54 Å². The van der Waals surface area contributed by atoms with Gasteiger partial charge >= 0.3 is 0 Å². The van der Waals surface area contributed by atoms with E-state index in [0.29, 0.717) is 12.5 Å². The zero-order chi connectivity index (χ0) is 15.9. The van der Waals surface area contributed by atoms with E-state index in [2.05, 4.69) is 48.9 Å². The number of carbonyl (C=O) groups is 1. The molecule has 0 saturated carbocycles. The second-order valence-electron chi connectivity index (χ2n) is 6.15. The van der Waals surface area contributed by atoms with Gasteiger partial charge in [-0.25, -0.2) is 0 Å². The number of amides is 1. The summed E-state index contributed by atoms with van der Waals surface area (Å²) in [5, 5.41) is 4.31. The van der Waals surface area contributed by atoms with Crippen LogP contribution in [0.1, 0.15) is 45.2 Å². The molecule has 0 radical (unpaired) electrons. The molecule has 22 heavy (non-hydrogen) atoms. The monoisotopic (exact) mass is 300 g/mol. The fraction of sp³-hybridized carbons (Fsp3) is 0.526. The van der Waals surface area contributed by atoms with E-state index in [0.717, 1.165) is 24.2 Å². The molecule has 2 rings (SSSR count). The number of aryl methyl sites for hydroxylation is 1. The molecule has 2 aromatic rings. The lowest BCUT2D eigenvalue weighted by Crippen LogP contribution is -2.32. The van der Waals surface area contributed by atoms with Crippen LogP contribution in [0.25, 0.3) is 10.9 Å². The molecule has 1 atom stereocenters. The van der Waals surface area contributed by atoms with Crippen molar-refractivity contribution >= 4 is 16.8 Å². The Balaban J connectivity index is 1.95. The second kappa shape index (κ2) is 8.02. The zero-order valence-electron chi connectivity index (χ0n) is 14.1. The lowest BCUT2D eigenvalue weighted by molar-refractivity contribution is -0.121. The van der Waals surface area contributed by atoms with Gasteiger partial charge in [-0.3, -0.25) is 4.79 Å². The number of unbranched alkanes of at least 4 members (excludes halogenated alkanes) is 1. The number of fused-ring (bicyclic) bond motifs is 1. The fourth-order valence-electron chi connectivity index (χ4n) is 2.96. The Morgan fingerprint density at radius 3 is 2.77 bits per heavy atom. The van der Waals surface area contributed by atoms with E-state index in [1.165, 1.54) is 24.6 Å². The van der Waals surface area contributed by atoms with Crippen molar-refractivity contribution in [2.75, 3.05) is 6.54 Å². The predicted molar refractivity (Wildman–Crippen MR) is 93.0 cm³/mol. The number of benzene rings is 1. The molecule has 120 valence electrons. The lowest BCUT2D eigenvalue weighted by Gasteiger charge is -2.16. The lowest BCUT2D eigenvalue weighted by atomic mass is 9.99. The molecule has 0 saturated heterocycles. The first kappa shape index (κ1) is 16.6. The van der Waals surface area contributed by atoms with Crippen LogP contribution in [0.2, 0.25) is 0 Å². The van der Waals surface area contributed by atoms with E-state index in [1.807, 2.05) is 12.1 Å². The van der Waals surface area contributed by atoms with Gasteiger partial charge in [0.2, 0.25) is 5.91 Å². The maximum atomic E-state index is 12.3. The van der Waals surface area contributed by atoms with Crippen molar-refractivity contribution in [3.05, 3.63) is 36.0 Å². The molecule has 1 unspecified atom stereocenters. The van der Waals surface area contributed by atoms with E-state index in [4.69, 9.17) is 0 Å². The Labute approximate surface area is 133 Å². The van der Waals surface area contributed by atoms with Gasteiger partial charge < -0.3 is 9.88 Å². The summed E-state index contributed by atoms with van der Waals surface area (Å²) < 4.78 is 2.09. The Hall–Kier alpha value is -1.77. The van der Waals surface area contributed by atoms with Gasteiger partial charge in [-0.15, -0.1) is 0 Å². The summed E-state index contributed by atoms with van der Waals surface area (Å²) in [4.78, 5) is 12.3. The SMILES string of the molecule is CCCCC(CC)CNC(=O)Cn1c(C)cc2ccccc21. The Morgan fingerprint density at radius 1 is 1.27 bits per heavy atom. The van der Waals surface area contributed by atoms with Crippen LogP contribution in [0.15, 0.2) is 30.3 Å². The van der Waals surface area contributed by atoms with Gasteiger partial charge in [-0.2, -0.15) is 0 Å². The molecule has 1 heterocycles. The van der Waals surface area contributed by atoms with Crippen LogP contribution in [0.3, 0.4) is 0 Å². The maximum Gasteiger partial charge on any atom is 0.239 e. The molecule has 0 spiro atoms. The highest BCUT2D eigenvalue weighted by molar-refractivity contribution is 5.84. The molecule has 1 aromatic carbocycles. The minimum Gasteiger partial charge on any atom is -0.354 e. The van der Waals surface area contributed by atoms with Crippen molar-refractivity contribution in [2.45, 2.75) is 53.0 Å². The van der Waals surface area contributed by atoms with Crippen LogP contribution >= 0.6 is 0 Å². The van der Waals surface area contributed by atoms with E-state index in [-0.39, 0.29) is 5.91 Å². The molecule has 0 aliphatic carbocycles. The molecule has 0 bridgehead atoms. The molecule has 3 nitrogen and oxygen atoms in total. The van der Waals surface area contributed by atoms with E-state index < -0.39 is 0 Å². The number of nitrogens with zero attached hydrogens (tertiary/aromatic N) is 1. The van der Waals surface area contributed by atoms with E-state index in [9.17, 15) is 4.79 Å². The summed E-state index contributed by atoms with van der Waals surface area (Å²) in [5.74, 6) is 0.714. The number of hydrogen-bond donors (Lipinski definition) is 1. The average Bonchev–Trinajstić information content (AvgIpc) is 2.83. The van der Waals surface area contributed by atoms with Crippen LogP contribution in [-0.2, 0) is 11.3 Å². The van der Waals surface area contributed by atoms with Crippen molar-refractivity contribution in [2.24, 2.45) is 5.92 Å². The topological polar surface area (TPSA) is 34.0 Å². The molecule has 0 fully saturated rings.